The van der Waals surface area contributed by atoms with Gasteiger partial charge in [-0.05, 0) is 47.0 Å². The highest BCUT2D eigenvalue weighted by Crippen LogP contribution is 2.38. The Morgan fingerprint density at radius 3 is 3.04 bits per heavy atom. The zero-order valence-corrected chi connectivity index (χ0v) is 15.0. The Morgan fingerprint density at radius 1 is 1.44 bits per heavy atom. The monoisotopic (exact) mass is 405 g/mol. The van der Waals surface area contributed by atoms with Crippen LogP contribution in [0.25, 0.3) is 11.1 Å². The number of nitrogens with zero attached hydrogens (tertiary/aromatic N) is 3. The van der Waals surface area contributed by atoms with E-state index in [2.05, 4.69) is 36.6 Å². The van der Waals surface area contributed by atoms with Crippen LogP contribution in [0.1, 0.15) is 24.8 Å². The van der Waals surface area contributed by atoms with Crippen molar-refractivity contribution in [1.82, 2.24) is 14.8 Å². The molecule has 1 fully saturated rings. The maximum absolute atomic E-state index is 12.3. The number of ether oxygens (including phenoxy) is 1. The lowest BCUT2D eigenvalue weighted by atomic mass is 10.3. The lowest BCUT2D eigenvalue weighted by Crippen LogP contribution is -2.21. The highest BCUT2D eigenvalue weighted by atomic mass is 79.9. The van der Waals surface area contributed by atoms with E-state index in [0.29, 0.717) is 41.1 Å². The van der Waals surface area contributed by atoms with E-state index < -0.39 is 0 Å². The fraction of sp³-hybridized carbons (Fsp3) is 0.312. The van der Waals surface area contributed by atoms with E-state index in [1.54, 1.807) is 31.5 Å². The van der Waals surface area contributed by atoms with Crippen LogP contribution in [-0.2, 0) is 11.3 Å². The predicted molar refractivity (Wildman–Crippen MR) is 95.6 cm³/mol. The standard InChI is InChI=1S/C16H16BrN5O3/c1-24-8-14-20-12-6-9(2-5-13(12)25-14)19-16(23)21-15-11(17)7-18-22(15)10-3-4-10/h2,5-7,10H,3-4,8H2,1H3,(H2,19,21,23). The number of fused-ring (bicyclic) bond motifs is 1. The molecule has 1 aliphatic rings. The second-order valence-corrected chi connectivity index (χ2v) is 6.67. The van der Waals surface area contributed by atoms with Crippen molar-refractivity contribution in [2.45, 2.75) is 25.5 Å². The molecule has 130 valence electrons. The number of oxazole rings is 1. The largest absolute Gasteiger partial charge is 0.438 e. The Bertz CT molecular complexity index is 931. The molecule has 0 bridgehead atoms. The van der Waals surface area contributed by atoms with E-state index in [0.717, 1.165) is 17.3 Å². The summed E-state index contributed by atoms with van der Waals surface area (Å²) in [5.41, 5.74) is 1.93. The molecule has 8 nitrogen and oxygen atoms in total. The van der Waals surface area contributed by atoms with E-state index in [1.807, 2.05) is 4.68 Å². The van der Waals surface area contributed by atoms with Crippen LogP contribution in [0.15, 0.2) is 33.3 Å². The summed E-state index contributed by atoms with van der Waals surface area (Å²) in [6.45, 7) is 0.303. The van der Waals surface area contributed by atoms with Crippen LogP contribution in [0.3, 0.4) is 0 Å². The first-order chi connectivity index (χ1) is 12.1. The number of carbonyl (C=O) groups excluding carboxylic acids is 1. The molecule has 0 aliphatic heterocycles. The summed E-state index contributed by atoms with van der Waals surface area (Å²) < 4.78 is 13.1. The van der Waals surface area contributed by atoms with Gasteiger partial charge in [0.2, 0.25) is 5.89 Å². The lowest BCUT2D eigenvalue weighted by molar-refractivity contribution is 0.161. The van der Waals surface area contributed by atoms with Gasteiger partial charge in [0.25, 0.3) is 0 Å². The van der Waals surface area contributed by atoms with E-state index in [-0.39, 0.29) is 6.03 Å². The number of carbonyl (C=O) groups is 1. The third-order valence-corrected chi connectivity index (χ3v) is 4.41. The second-order valence-electron chi connectivity index (χ2n) is 5.82. The molecule has 2 N–H and O–H groups in total. The molecule has 25 heavy (non-hydrogen) atoms. The summed E-state index contributed by atoms with van der Waals surface area (Å²) >= 11 is 3.42. The topological polar surface area (TPSA) is 94.2 Å². The van der Waals surface area contributed by atoms with Crippen molar-refractivity contribution >= 4 is 44.6 Å². The summed E-state index contributed by atoms with van der Waals surface area (Å²) in [7, 11) is 1.58. The van der Waals surface area contributed by atoms with Gasteiger partial charge in [-0.1, -0.05) is 0 Å². The van der Waals surface area contributed by atoms with E-state index in [1.165, 1.54) is 0 Å². The Kier molecular flexibility index (Phi) is 4.18. The maximum Gasteiger partial charge on any atom is 0.324 e. The molecule has 2 amide bonds. The van der Waals surface area contributed by atoms with Crippen molar-refractivity contribution in [3.05, 3.63) is 34.8 Å². The van der Waals surface area contributed by atoms with Gasteiger partial charge in [-0.3, -0.25) is 5.32 Å². The quantitative estimate of drug-likeness (QED) is 0.670. The molecule has 9 heteroatoms. The van der Waals surface area contributed by atoms with E-state index in [9.17, 15) is 4.79 Å². The Labute approximate surface area is 151 Å². The van der Waals surface area contributed by atoms with Gasteiger partial charge >= 0.3 is 6.03 Å². The molecule has 0 spiro atoms. The van der Waals surface area contributed by atoms with Gasteiger partial charge in [-0.15, -0.1) is 0 Å². The van der Waals surface area contributed by atoms with Crippen molar-refractivity contribution in [2.75, 3.05) is 17.7 Å². The maximum atomic E-state index is 12.3. The molecular formula is C16H16BrN5O3. The van der Waals surface area contributed by atoms with Crippen molar-refractivity contribution in [2.24, 2.45) is 0 Å². The van der Waals surface area contributed by atoms with Crippen LogP contribution in [-0.4, -0.2) is 27.9 Å². The minimum atomic E-state index is -0.344. The lowest BCUT2D eigenvalue weighted by Gasteiger charge is -2.10. The average Bonchev–Trinajstić information content (AvgIpc) is 3.25. The van der Waals surface area contributed by atoms with Crippen LogP contribution >= 0.6 is 15.9 Å². The molecule has 0 unspecified atom stereocenters. The number of rotatable bonds is 5. The van der Waals surface area contributed by atoms with Gasteiger partial charge in [0.05, 0.1) is 16.7 Å². The van der Waals surface area contributed by atoms with Gasteiger partial charge < -0.3 is 14.5 Å². The number of benzene rings is 1. The number of hydrogen-bond acceptors (Lipinski definition) is 5. The molecule has 0 saturated heterocycles. The highest BCUT2D eigenvalue weighted by Gasteiger charge is 2.28. The van der Waals surface area contributed by atoms with Crippen LogP contribution < -0.4 is 10.6 Å². The van der Waals surface area contributed by atoms with E-state index >= 15 is 0 Å². The first-order valence-corrected chi connectivity index (χ1v) is 8.63. The molecule has 2 heterocycles. The van der Waals surface area contributed by atoms with Crippen LogP contribution in [0.4, 0.5) is 16.3 Å². The van der Waals surface area contributed by atoms with Crippen molar-refractivity contribution in [1.29, 1.82) is 0 Å². The second kappa shape index (κ2) is 6.49. The van der Waals surface area contributed by atoms with Gasteiger partial charge in [-0.2, -0.15) is 5.10 Å². The number of amides is 2. The van der Waals surface area contributed by atoms with E-state index in [4.69, 9.17) is 9.15 Å². The average molecular weight is 406 g/mol. The number of aromatic nitrogens is 3. The molecule has 4 rings (SSSR count). The summed E-state index contributed by atoms with van der Waals surface area (Å²) in [6.07, 6.45) is 3.85. The predicted octanol–water partition coefficient (Wildman–Crippen LogP) is 3.91. The van der Waals surface area contributed by atoms with Crippen LogP contribution in [0, 0.1) is 0 Å². The summed E-state index contributed by atoms with van der Waals surface area (Å²) in [5, 5.41) is 9.94. The van der Waals surface area contributed by atoms with Gasteiger partial charge in [-0.25, -0.2) is 14.5 Å². The van der Waals surface area contributed by atoms with Gasteiger partial charge in [0, 0.05) is 12.8 Å². The van der Waals surface area contributed by atoms with Crippen molar-refractivity contribution < 1.29 is 13.9 Å². The zero-order valence-electron chi connectivity index (χ0n) is 13.5. The SMILES string of the molecule is COCc1nc2cc(NC(=O)Nc3c(Br)cnn3C3CC3)ccc2o1. The molecule has 3 aromatic rings. The highest BCUT2D eigenvalue weighted by molar-refractivity contribution is 9.10. The first kappa shape index (κ1) is 16.1. The fourth-order valence-electron chi connectivity index (χ4n) is 2.56. The number of nitrogens with one attached hydrogen (secondary N) is 2. The molecule has 0 radical (unpaired) electrons. The number of methoxy groups -OCH3 is 1. The van der Waals surface area contributed by atoms with Gasteiger partial charge in [0.1, 0.15) is 17.9 Å². The molecule has 1 aromatic carbocycles. The summed E-state index contributed by atoms with van der Waals surface area (Å²) in [5.74, 6) is 1.15. The molecule has 1 saturated carbocycles. The summed E-state index contributed by atoms with van der Waals surface area (Å²) in [6, 6.07) is 5.30. The first-order valence-electron chi connectivity index (χ1n) is 7.83. The third kappa shape index (κ3) is 3.38. The Hall–Kier alpha value is -2.39. The smallest absolute Gasteiger partial charge is 0.324 e. The van der Waals surface area contributed by atoms with Crippen LogP contribution in [0.5, 0.6) is 0 Å². The summed E-state index contributed by atoms with van der Waals surface area (Å²) in [4.78, 5) is 16.6. The Balaban J connectivity index is 1.49. The van der Waals surface area contributed by atoms with Crippen molar-refractivity contribution in [3.63, 3.8) is 0 Å². The fourth-order valence-corrected chi connectivity index (χ4v) is 2.93. The normalized spacial score (nSPS) is 14.0. The zero-order chi connectivity index (χ0) is 17.4. The Morgan fingerprint density at radius 2 is 2.28 bits per heavy atom. The number of halogens is 1. The van der Waals surface area contributed by atoms with Crippen molar-refractivity contribution in [3.8, 4) is 0 Å². The van der Waals surface area contributed by atoms with Gasteiger partial charge in [0.15, 0.2) is 5.58 Å². The molecular weight excluding hydrogens is 390 g/mol. The molecule has 1 aliphatic carbocycles. The minimum absolute atomic E-state index is 0.303. The number of hydrogen-bond donors (Lipinski definition) is 2. The third-order valence-electron chi connectivity index (χ3n) is 3.83. The molecule has 0 atom stereocenters. The number of urea groups is 1. The molecule has 2 aromatic heterocycles. The number of anilines is 2. The minimum Gasteiger partial charge on any atom is -0.438 e. The van der Waals surface area contributed by atoms with Crippen LogP contribution in [0.2, 0.25) is 0 Å².